The summed E-state index contributed by atoms with van der Waals surface area (Å²) < 4.78 is 44.1. The van der Waals surface area contributed by atoms with Crippen LogP contribution in [0.1, 0.15) is 0 Å². The van der Waals surface area contributed by atoms with E-state index < -0.39 is 14.9 Å². The van der Waals surface area contributed by atoms with Crippen molar-refractivity contribution in [2.75, 3.05) is 18.9 Å². The summed E-state index contributed by atoms with van der Waals surface area (Å²) in [5.41, 5.74) is -0.426. The van der Waals surface area contributed by atoms with E-state index in [0.29, 0.717) is 16.5 Å². The number of ether oxygens (including phenoxy) is 3. The number of nitrogens with zero attached hydrogens (tertiary/aromatic N) is 1. The highest BCUT2D eigenvalue weighted by Crippen LogP contribution is 2.33. The minimum absolute atomic E-state index is 0.0619. The number of benzene rings is 3. The van der Waals surface area contributed by atoms with Crippen LogP contribution in [0, 0.1) is 10.1 Å². The molecule has 31 heavy (non-hydrogen) atoms. The van der Waals surface area contributed by atoms with Gasteiger partial charge in [0, 0.05) is 23.2 Å². The largest absolute Gasteiger partial charge is 0.497 e. The van der Waals surface area contributed by atoms with E-state index >= 15 is 0 Å². The lowest BCUT2D eigenvalue weighted by Gasteiger charge is -2.14. The van der Waals surface area contributed by atoms with Crippen molar-refractivity contribution >= 4 is 33.0 Å². The van der Waals surface area contributed by atoms with Crippen LogP contribution in [0.2, 0.25) is 5.02 Å². The number of non-ortho nitro benzene ring substituents is 1. The van der Waals surface area contributed by atoms with Crippen molar-refractivity contribution < 1.29 is 27.6 Å². The Kier molecular flexibility index (Phi) is 6.52. The van der Waals surface area contributed by atoms with Gasteiger partial charge in [-0.25, -0.2) is 8.42 Å². The third kappa shape index (κ3) is 5.36. The van der Waals surface area contributed by atoms with Crippen molar-refractivity contribution in [3.8, 4) is 23.0 Å². The fourth-order valence-corrected chi connectivity index (χ4v) is 4.00. The fraction of sp³-hybridized carbons (Fsp3) is 0.100. The van der Waals surface area contributed by atoms with Crippen LogP contribution in [0.4, 0.5) is 11.4 Å². The Morgan fingerprint density at radius 1 is 0.903 bits per heavy atom. The molecule has 3 rings (SSSR count). The molecule has 11 heteroatoms. The second-order valence-electron chi connectivity index (χ2n) is 6.15. The quantitative estimate of drug-likeness (QED) is 0.373. The molecule has 0 aromatic heterocycles. The van der Waals surface area contributed by atoms with Gasteiger partial charge in [0.1, 0.15) is 27.9 Å². The monoisotopic (exact) mass is 464 g/mol. The van der Waals surface area contributed by atoms with Gasteiger partial charge in [-0.2, -0.15) is 0 Å². The Balaban J connectivity index is 1.99. The molecule has 3 aromatic rings. The first-order valence-electron chi connectivity index (χ1n) is 8.69. The summed E-state index contributed by atoms with van der Waals surface area (Å²) >= 11 is 5.84. The van der Waals surface area contributed by atoms with Crippen molar-refractivity contribution in [1.29, 1.82) is 0 Å². The molecule has 0 aliphatic carbocycles. The van der Waals surface area contributed by atoms with E-state index in [1.54, 1.807) is 30.3 Å². The maximum Gasteiger partial charge on any atom is 0.275 e. The average Bonchev–Trinajstić information content (AvgIpc) is 2.74. The van der Waals surface area contributed by atoms with E-state index in [4.69, 9.17) is 25.8 Å². The molecule has 0 radical (unpaired) electrons. The Labute approximate surface area is 183 Å². The number of hydrogen-bond acceptors (Lipinski definition) is 7. The van der Waals surface area contributed by atoms with Crippen LogP contribution >= 0.6 is 11.6 Å². The van der Waals surface area contributed by atoms with Crippen molar-refractivity contribution in [2.45, 2.75) is 4.90 Å². The van der Waals surface area contributed by atoms with E-state index in [0.717, 1.165) is 6.07 Å². The lowest BCUT2D eigenvalue weighted by molar-refractivity contribution is -0.384. The van der Waals surface area contributed by atoms with Crippen LogP contribution in [0.5, 0.6) is 23.0 Å². The van der Waals surface area contributed by atoms with E-state index in [1.165, 1.54) is 38.5 Å². The van der Waals surface area contributed by atoms with E-state index in [-0.39, 0.29) is 27.8 Å². The van der Waals surface area contributed by atoms with E-state index in [2.05, 4.69) is 4.72 Å². The van der Waals surface area contributed by atoms with Crippen LogP contribution in [0.15, 0.2) is 65.6 Å². The van der Waals surface area contributed by atoms with Gasteiger partial charge < -0.3 is 14.2 Å². The zero-order chi connectivity index (χ0) is 22.6. The van der Waals surface area contributed by atoms with Gasteiger partial charge in [-0.3, -0.25) is 14.8 Å². The smallest absolute Gasteiger partial charge is 0.275 e. The predicted molar refractivity (Wildman–Crippen MR) is 115 cm³/mol. The fourth-order valence-electron chi connectivity index (χ4n) is 2.65. The molecule has 0 fully saturated rings. The molecule has 162 valence electrons. The van der Waals surface area contributed by atoms with Crippen LogP contribution in [-0.4, -0.2) is 27.6 Å². The van der Waals surface area contributed by atoms with Crippen LogP contribution < -0.4 is 18.9 Å². The van der Waals surface area contributed by atoms with Gasteiger partial charge in [-0.1, -0.05) is 11.6 Å². The maximum absolute atomic E-state index is 13.0. The number of hydrogen-bond donors (Lipinski definition) is 1. The Morgan fingerprint density at radius 2 is 1.58 bits per heavy atom. The standard InChI is InChI=1S/C20H17ClN2O7S/c1-28-17-7-8-19(29-2)20(12-17)31(26,27)22-14-9-15(23(24)25)11-18(10-14)30-16-5-3-13(21)4-6-16/h3-12,22H,1-2H3. The number of halogens is 1. The Hall–Kier alpha value is -3.50. The van der Waals surface area contributed by atoms with Gasteiger partial charge in [0.15, 0.2) is 0 Å². The molecule has 0 amide bonds. The summed E-state index contributed by atoms with van der Waals surface area (Å²) in [6.45, 7) is 0. The highest BCUT2D eigenvalue weighted by molar-refractivity contribution is 7.92. The van der Waals surface area contributed by atoms with Gasteiger partial charge in [0.25, 0.3) is 15.7 Å². The van der Waals surface area contributed by atoms with Gasteiger partial charge in [0.2, 0.25) is 0 Å². The van der Waals surface area contributed by atoms with Crippen molar-refractivity contribution in [3.63, 3.8) is 0 Å². The van der Waals surface area contributed by atoms with Gasteiger partial charge in [0.05, 0.1) is 30.9 Å². The number of methoxy groups -OCH3 is 2. The third-order valence-corrected chi connectivity index (χ3v) is 5.72. The van der Waals surface area contributed by atoms with Gasteiger partial charge >= 0.3 is 0 Å². The topological polar surface area (TPSA) is 117 Å². The molecular weight excluding hydrogens is 448 g/mol. The lowest BCUT2D eigenvalue weighted by Crippen LogP contribution is -2.14. The number of sulfonamides is 1. The molecule has 0 spiro atoms. The zero-order valence-electron chi connectivity index (χ0n) is 16.4. The second-order valence-corrected chi connectivity index (χ2v) is 8.24. The zero-order valence-corrected chi connectivity index (χ0v) is 17.9. The SMILES string of the molecule is COc1ccc(OC)c(S(=O)(=O)Nc2cc(Oc3ccc(Cl)cc3)cc([N+](=O)[O-])c2)c1. The highest BCUT2D eigenvalue weighted by atomic mass is 35.5. The lowest BCUT2D eigenvalue weighted by atomic mass is 10.2. The van der Waals surface area contributed by atoms with Crippen LogP contribution in [0.25, 0.3) is 0 Å². The number of anilines is 1. The number of nitro groups is 1. The van der Waals surface area contributed by atoms with Crippen LogP contribution in [0.3, 0.4) is 0 Å². The molecule has 0 saturated carbocycles. The molecule has 9 nitrogen and oxygen atoms in total. The molecule has 0 bridgehead atoms. The predicted octanol–water partition coefficient (Wildman–Crippen LogP) is 4.86. The van der Waals surface area contributed by atoms with Crippen molar-refractivity contribution in [1.82, 2.24) is 0 Å². The number of nitro benzene ring substituents is 1. The van der Waals surface area contributed by atoms with Crippen molar-refractivity contribution in [2.24, 2.45) is 0 Å². The van der Waals surface area contributed by atoms with Crippen molar-refractivity contribution in [3.05, 3.63) is 75.8 Å². The summed E-state index contributed by atoms with van der Waals surface area (Å²) in [5, 5.41) is 11.8. The number of rotatable bonds is 8. The van der Waals surface area contributed by atoms with Crippen LogP contribution in [-0.2, 0) is 10.0 Å². The Bertz CT molecular complexity index is 1210. The minimum atomic E-state index is -4.18. The van der Waals surface area contributed by atoms with Gasteiger partial charge in [-0.15, -0.1) is 0 Å². The highest BCUT2D eigenvalue weighted by Gasteiger charge is 2.22. The van der Waals surface area contributed by atoms with Gasteiger partial charge in [-0.05, 0) is 36.4 Å². The molecule has 0 atom stereocenters. The first kappa shape index (κ1) is 22.2. The van der Waals surface area contributed by atoms with E-state index in [1.807, 2.05) is 0 Å². The summed E-state index contributed by atoms with van der Waals surface area (Å²) in [6, 6.07) is 14.2. The summed E-state index contributed by atoms with van der Waals surface area (Å²) in [6.07, 6.45) is 0. The Morgan fingerprint density at radius 3 is 2.19 bits per heavy atom. The minimum Gasteiger partial charge on any atom is -0.497 e. The molecule has 0 aliphatic heterocycles. The molecule has 0 saturated heterocycles. The maximum atomic E-state index is 13.0. The third-order valence-electron chi connectivity index (χ3n) is 4.06. The molecular formula is C20H17ClN2O7S. The first-order valence-corrected chi connectivity index (χ1v) is 10.6. The molecule has 0 unspecified atom stereocenters. The summed E-state index contributed by atoms with van der Waals surface area (Å²) in [7, 11) is -1.46. The molecule has 3 aromatic carbocycles. The van der Waals surface area contributed by atoms with E-state index in [9.17, 15) is 18.5 Å². The first-order chi connectivity index (χ1) is 14.7. The number of nitrogens with one attached hydrogen (secondary N) is 1. The molecule has 1 N–H and O–H groups in total. The molecule has 0 heterocycles. The second kappa shape index (κ2) is 9.11. The molecule has 0 aliphatic rings. The normalized spacial score (nSPS) is 10.9. The summed E-state index contributed by atoms with van der Waals surface area (Å²) in [5.74, 6) is 0.809. The average molecular weight is 465 g/mol. The summed E-state index contributed by atoms with van der Waals surface area (Å²) in [4.78, 5) is 10.5.